The third-order valence-corrected chi connectivity index (χ3v) is 5.99. The van der Waals surface area contributed by atoms with E-state index < -0.39 is 0 Å². The Hall–Kier alpha value is -3.06. The molecule has 1 aliphatic rings. The minimum atomic E-state index is 0.0221. The lowest BCUT2D eigenvalue weighted by atomic mass is 9.99. The molecule has 31 heavy (non-hydrogen) atoms. The number of pyridine rings is 1. The third kappa shape index (κ3) is 4.82. The first-order valence-electron chi connectivity index (χ1n) is 10.9. The van der Waals surface area contributed by atoms with Crippen molar-refractivity contribution < 1.29 is 4.79 Å². The molecular formula is C24H30N6O. The van der Waals surface area contributed by atoms with Gasteiger partial charge in [-0.2, -0.15) is 0 Å². The number of benzene rings is 1. The van der Waals surface area contributed by atoms with E-state index in [1.165, 1.54) is 12.0 Å². The first kappa shape index (κ1) is 21.2. The molecule has 1 unspecified atom stereocenters. The fourth-order valence-electron chi connectivity index (χ4n) is 4.22. The van der Waals surface area contributed by atoms with Gasteiger partial charge in [0, 0.05) is 45.2 Å². The molecule has 1 saturated heterocycles. The zero-order chi connectivity index (χ0) is 21.8. The molecule has 1 N–H and O–H groups in total. The van der Waals surface area contributed by atoms with Crippen molar-refractivity contribution in [3.63, 3.8) is 0 Å². The number of carbonyl (C=O) groups is 1. The van der Waals surface area contributed by atoms with E-state index in [0.29, 0.717) is 6.54 Å². The maximum absolute atomic E-state index is 11.7. The van der Waals surface area contributed by atoms with Crippen LogP contribution < -0.4 is 5.32 Å². The molecule has 1 aromatic carbocycles. The SMILES string of the molecule is CNc1cc(CN(C)C(C)=O)nc(C2CCCCN2Cc2cccc3cccnc23)n1. The zero-order valence-electron chi connectivity index (χ0n) is 18.5. The normalized spacial score (nSPS) is 16.9. The number of hydrogen-bond acceptors (Lipinski definition) is 6. The second-order valence-corrected chi connectivity index (χ2v) is 8.20. The predicted octanol–water partition coefficient (Wildman–Crippen LogP) is 3.77. The van der Waals surface area contributed by atoms with E-state index in [2.05, 4.69) is 39.5 Å². The van der Waals surface area contributed by atoms with E-state index in [1.54, 1.807) is 18.9 Å². The second kappa shape index (κ2) is 9.39. The fraction of sp³-hybridized carbons (Fsp3) is 0.417. The lowest BCUT2D eigenvalue weighted by Crippen LogP contribution is -2.34. The minimum absolute atomic E-state index is 0.0221. The highest BCUT2D eigenvalue weighted by molar-refractivity contribution is 5.81. The number of hydrogen-bond donors (Lipinski definition) is 1. The van der Waals surface area contributed by atoms with Crippen molar-refractivity contribution in [3.8, 4) is 0 Å². The Morgan fingerprint density at radius 1 is 1.23 bits per heavy atom. The molecule has 0 aliphatic carbocycles. The van der Waals surface area contributed by atoms with Gasteiger partial charge in [-0.1, -0.05) is 30.7 Å². The van der Waals surface area contributed by atoms with Gasteiger partial charge in [-0.15, -0.1) is 0 Å². The molecule has 7 nitrogen and oxygen atoms in total. The van der Waals surface area contributed by atoms with Crippen LogP contribution >= 0.6 is 0 Å². The highest BCUT2D eigenvalue weighted by Gasteiger charge is 2.27. The van der Waals surface area contributed by atoms with Crippen LogP contribution in [0.5, 0.6) is 0 Å². The highest BCUT2D eigenvalue weighted by Crippen LogP contribution is 2.32. The molecule has 2 aromatic heterocycles. The van der Waals surface area contributed by atoms with Crippen LogP contribution in [0.4, 0.5) is 5.82 Å². The summed E-state index contributed by atoms with van der Waals surface area (Å²) in [7, 11) is 3.66. The third-order valence-electron chi connectivity index (χ3n) is 5.99. The number of piperidine rings is 1. The lowest BCUT2D eigenvalue weighted by Gasteiger charge is -2.35. The summed E-state index contributed by atoms with van der Waals surface area (Å²) in [6.45, 7) is 3.86. The number of nitrogens with zero attached hydrogens (tertiary/aromatic N) is 5. The van der Waals surface area contributed by atoms with Gasteiger partial charge in [-0.3, -0.25) is 14.7 Å². The Labute approximate surface area is 183 Å². The van der Waals surface area contributed by atoms with Crippen molar-refractivity contribution in [2.45, 2.75) is 45.3 Å². The summed E-state index contributed by atoms with van der Waals surface area (Å²) in [6, 6.07) is 12.5. The fourth-order valence-corrected chi connectivity index (χ4v) is 4.22. The van der Waals surface area contributed by atoms with Crippen LogP contribution in [0.25, 0.3) is 10.9 Å². The van der Waals surface area contributed by atoms with E-state index in [1.807, 2.05) is 25.4 Å². The number of nitrogens with one attached hydrogen (secondary N) is 1. The van der Waals surface area contributed by atoms with Crippen LogP contribution in [0.2, 0.25) is 0 Å². The Balaban J connectivity index is 1.64. The molecule has 1 fully saturated rings. The van der Waals surface area contributed by atoms with E-state index in [0.717, 1.165) is 54.2 Å². The van der Waals surface area contributed by atoms with Crippen LogP contribution in [0.1, 0.15) is 49.3 Å². The number of para-hydroxylation sites is 1. The van der Waals surface area contributed by atoms with E-state index in [4.69, 9.17) is 9.97 Å². The van der Waals surface area contributed by atoms with Gasteiger partial charge >= 0.3 is 0 Å². The van der Waals surface area contributed by atoms with Crippen molar-refractivity contribution in [1.29, 1.82) is 0 Å². The van der Waals surface area contributed by atoms with E-state index >= 15 is 0 Å². The average Bonchev–Trinajstić information content (AvgIpc) is 2.79. The van der Waals surface area contributed by atoms with Gasteiger partial charge in [0.1, 0.15) is 11.6 Å². The molecule has 0 radical (unpaired) electrons. The maximum Gasteiger partial charge on any atom is 0.219 e. The second-order valence-electron chi connectivity index (χ2n) is 8.20. The number of amides is 1. The first-order valence-corrected chi connectivity index (χ1v) is 10.9. The number of rotatable bonds is 6. The highest BCUT2D eigenvalue weighted by atomic mass is 16.2. The maximum atomic E-state index is 11.7. The topological polar surface area (TPSA) is 74.2 Å². The Bertz CT molecular complexity index is 1060. The average molecular weight is 419 g/mol. The smallest absolute Gasteiger partial charge is 0.219 e. The van der Waals surface area contributed by atoms with Gasteiger partial charge in [0.25, 0.3) is 0 Å². The Morgan fingerprint density at radius 2 is 2.06 bits per heavy atom. The molecule has 4 rings (SSSR count). The molecule has 1 aliphatic heterocycles. The van der Waals surface area contributed by atoms with Crippen LogP contribution in [0, 0.1) is 0 Å². The quantitative estimate of drug-likeness (QED) is 0.657. The van der Waals surface area contributed by atoms with Crippen LogP contribution in [-0.2, 0) is 17.9 Å². The standard InChI is InChI=1S/C24H30N6O/c1-17(31)29(3)16-20-14-22(25-2)28-24(27-20)21-11-4-5-13-30(21)15-19-9-6-8-18-10-7-12-26-23(18)19/h6-10,12,14,21H,4-5,11,13,15-16H2,1-3H3,(H,25,27,28). The number of anilines is 1. The lowest BCUT2D eigenvalue weighted by molar-refractivity contribution is -0.128. The zero-order valence-corrected chi connectivity index (χ0v) is 18.5. The van der Waals surface area contributed by atoms with Crippen molar-refractivity contribution >= 4 is 22.6 Å². The molecular weight excluding hydrogens is 388 g/mol. The molecule has 3 heterocycles. The van der Waals surface area contributed by atoms with Gasteiger partial charge in [-0.25, -0.2) is 9.97 Å². The molecule has 0 spiro atoms. The van der Waals surface area contributed by atoms with Crippen molar-refractivity contribution in [1.82, 2.24) is 24.8 Å². The van der Waals surface area contributed by atoms with Gasteiger partial charge in [0.2, 0.25) is 5.91 Å². The van der Waals surface area contributed by atoms with Crippen LogP contribution in [0.15, 0.2) is 42.6 Å². The summed E-state index contributed by atoms with van der Waals surface area (Å²) in [5.74, 6) is 1.63. The molecule has 0 bridgehead atoms. The van der Waals surface area contributed by atoms with Gasteiger partial charge in [0.15, 0.2) is 0 Å². The van der Waals surface area contributed by atoms with Crippen molar-refractivity contribution in [2.24, 2.45) is 0 Å². The minimum Gasteiger partial charge on any atom is -0.373 e. The van der Waals surface area contributed by atoms with Crippen LogP contribution in [-0.4, -0.2) is 51.3 Å². The monoisotopic (exact) mass is 418 g/mol. The van der Waals surface area contributed by atoms with Gasteiger partial charge < -0.3 is 10.2 Å². The number of likely N-dealkylation sites (tertiary alicyclic amines) is 1. The van der Waals surface area contributed by atoms with Crippen LogP contribution in [0.3, 0.4) is 0 Å². The Morgan fingerprint density at radius 3 is 2.87 bits per heavy atom. The summed E-state index contributed by atoms with van der Waals surface area (Å²) in [4.78, 5) is 30.2. The molecule has 3 aromatic rings. The van der Waals surface area contributed by atoms with Gasteiger partial charge in [-0.05, 0) is 31.0 Å². The largest absolute Gasteiger partial charge is 0.373 e. The van der Waals surface area contributed by atoms with E-state index in [-0.39, 0.29) is 11.9 Å². The number of aromatic nitrogens is 3. The summed E-state index contributed by atoms with van der Waals surface area (Å²) in [5.41, 5.74) is 3.14. The van der Waals surface area contributed by atoms with Crippen molar-refractivity contribution in [2.75, 3.05) is 26.0 Å². The molecule has 162 valence electrons. The Kier molecular flexibility index (Phi) is 6.42. The van der Waals surface area contributed by atoms with Crippen molar-refractivity contribution in [3.05, 3.63) is 59.7 Å². The summed E-state index contributed by atoms with van der Waals surface area (Å²) >= 11 is 0. The first-order chi connectivity index (χ1) is 15.0. The summed E-state index contributed by atoms with van der Waals surface area (Å²) < 4.78 is 0. The number of fused-ring (bicyclic) bond motifs is 1. The molecule has 7 heteroatoms. The predicted molar refractivity (Wildman–Crippen MR) is 122 cm³/mol. The van der Waals surface area contributed by atoms with E-state index in [9.17, 15) is 4.79 Å². The van der Waals surface area contributed by atoms with Gasteiger partial charge in [0.05, 0.1) is 23.8 Å². The molecule has 1 atom stereocenters. The summed E-state index contributed by atoms with van der Waals surface area (Å²) in [6.07, 6.45) is 5.20. The number of carbonyl (C=O) groups excluding carboxylic acids is 1. The molecule has 0 saturated carbocycles. The molecule has 1 amide bonds. The summed E-state index contributed by atoms with van der Waals surface area (Å²) in [5, 5.41) is 4.32.